The average Bonchev–Trinajstić information content (AvgIpc) is 2.26. The minimum atomic E-state index is -0.909. The lowest BCUT2D eigenvalue weighted by atomic mass is 9.83. The molecule has 0 aliphatic heterocycles. The number of carboxylic acid groups (broad SMARTS) is 1. The maximum Gasteiger partial charge on any atom is 0.331 e. The highest BCUT2D eigenvalue weighted by atomic mass is 16.5. The van der Waals surface area contributed by atoms with Crippen LogP contribution in [-0.2, 0) is 9.53 Å². The van der Waals surface area contributed by atoms with Gasteiger partial charge in [-0.2, -0.15) is 0 Å². The molecule has 1 unspecified atom stereocenters. The molecule has 1 rings (SSSR count). The van der Waals surface area contributed by atoms with Crippen molar-refractivity contribution < 1.29 is 14.6 Å². The molecule has 0 amide bonds. The molecule has 1 aliphatic carbocycles. The first-order valence-electron chi connectivity index (χ1n) is 5.59. The van der Waals surface area contributed by atoms with Crippen molar-refractivity contribution in [2.24, 2.45) is 5.92 Å². The van der Waals surface area contributed by atoms with Gasteiger partial charge in [0.25, 0.3) is 0 Å². The molecular formula is C12H20O3. The molecule has 0 aromatic heterocycles. The largest absolute Gasteiger partial charge is 0.478 e. The lowest BCUT2D eigenvalue weighted by Crippen LogP contribution is -2.26. The van der Waals surface area contributed by atoms with Crippen LogP contribution in [0.3, 0.4) is 0 Å². The highest BCUT2D eigenvalue weighted by Crippen LogP contribution is 2.30. The maximum absolute atomic E-state index is 10.7. The number of methoxy groups -OCH3 is 1. The summed E-state index contributed by atoms with van der Waals surface area (Å²) < 4.78 is 5.39. The predicted octanol–water partition coefficient (Wildman–Crippen LogP) is 2.61. The zero-order valence-electron chi connectivity index (χ0n) is 9.37. The molecule has 0 bridgehead atoms. The summed E-state index contributed by atoms with van der Waals surface area (Å²) in [6.45, 7) is 3.56. The zero-order chi connectivity index (χ0) is 11.3. The summed E-state index contributed by atoms with van der Waals surface area (Å²) >= 11 is 0. The van der Waals surface area contributed by atoms with Crippen LogP contribution in [0.2, 0.25) is 0 Å². The van der Waals surface area contributed by atoms with Gasteiger partial charge >= 0.3 is 5.97 Å². The molecule has 0 heterocycles. The van der Waals surface area contributed by atoms with Crippen LogP contribution < -0.4 is 0 Å². The van der Waals surface area contributed by atoms with Gasteiger partial charge in [0.2, 0.25) is 0 Å². The first-order valence-corrected chi connectivity index (χ1v) is 5.59. The van der Waals surface area contributed by atoms with Crippen LogP contribution in [0.15, 0.2) is 12.2 Å². The molecule has 0 saturated heterocycles. The van der Waals surface area contributed by atoms with Crippen molar-refractivity contribution in [3.05, 3.63) is 12.2 Å². The Balaban J connectivity index is 2.46. The number of hydrogen-bond donors (Lipinski definition) is 1. The van der Waals surface area contributed by atoms with Gasteiger partial charge in [-0.25, -0.2) is 4.79 Å². The van der Waals surface area contributed by atoms with Crippen molar-refractivity contribution in [1.29, 1.82) is 0 Å². The topological polar surface area (TPSA) is 46.5 Å². The second-order valence-electron chi connectivity index (χ2n) is 4.29. The molecule has 1 fully saturated rings. The molecule has 3 nitrogen and oxygen atoms in total. The summed E-state index contributed by atoms with van der Waals surface area (Å²) in [6.07, 6.45) is 6.59. The third-order valence-electron chi connectivity index (χ3n) is 3.23. The smallest absolute Gasteiger partial charge is 0.331 e. The van der Waals surface area contributed by atoms with E-state index in [1.54, 1.807) is 7.11 Å². The molecular weight excluding hydrogens is 192 g/mol. The summed E-state index contributed by atoms with van der Waals surface area (Å²) in [5, 5.41) is 8.77. The molecule has 0 spiro atoms. The molecule has 86 valence electrons. The summed E-state index contributed by atoms with van der Waals surface area (Å²) in [5.41, 5.74) is 0.257. The SMILES string of the molecule is C=C(CC(OC)C1CCCCC1)C(=O)O. The Morgan fingerprint density at radius 1 is 1.47 bits per heavy atom. The van der Waals surface area contributed by atoms with E-state index in [0.29, 0.717) is 12.3 Å². The van der Waals surface area contributed by atoms with Crippen LogP contribution in [-0.4, -0.2) is 24.3 Å². The lowest BCUT2D eigenvalue weighted by Gasteiger charge is -2.29. The van der Waals surface area contributed by atoms with E-state index in [0.717, 1.165) is 12.8 Å². The third kappa shape index (κ3) is 3.67. The van der Waals surface area contributed by atoms with Gasteiger partial charge in [0.1, 0.15) is 0 Å². The Hall–Kier alpha value is -0.830. The molecule has 1 aliphatic rings. The Bertz CT molecular complexity index is 229. The van der Waals surface area contributed by atoms with Crippen molar-refractivity contribution in [3.63, 3.8) is 0 Å². The molecule has 0 aromatic rings. The van der Waals surface area contributed by atoms with Crippen molar-refractivity contribution in [3.8, 4) is 0 Å². The fourth-order valence-electron chi connectivity index (χ4n) is 2.28. The van der Waals surface area contributed by atoms with Gasteiger partial charge in [-0.05, 0) is 18.8 Å². The number of hydrogen-bond acceptors (Lipinski definition) is 2. The van der Waals surface area contributed by atoms with Gasteiger partial charge in [-0.15, -0.1) is 0 Å². The normalized spacial score (nSPS) is 19.8. The van der Waals surface area contributed by atoms with Gasteiger partial charge in [0.05, 0.1) is 6.10 Å². The molecule has 1 N–H and O–H groups in total. The molecule has 1 atom stereocenters. The van der Waals surface area contributed by atoms with Crippen molar-refractivity contribution in [1.82, 2.24) is 0 Å². The Kier molecular flexibility index (Phi) is 4.82. The Labute approximate surface area is 91.1 Å². The van der Waals surface area contributed by atoms with E-state index < -0.39 is 5.97 Å². The fraction of sp³-hybridized carbons (Fsp3) is 0.750. The highest BCUT2D eigenvalue weighted by molar-refractivity contribution is 5.85. The first kappa shape index (κ1) is 12.2. The number of carboxylic acids is 1. The minimum Gasteiger partial charge on any atom is -0.478 e. The van der Waals surface area contributed by atoms with Crippen LogP contribution in [0.25, 0.3) is 0 Å². The van der Waals surface area contributed by atoms with Crippen molar-refractivity contribution in [2.45, 2.75) is 44.6 Å². The van der Waals surface area contributed by atoms with Crippen LogP contribution in [0, 0.1) is 5.92 Å². The fourth-order valence-corrected chi connectivity index (χ4v) is 2.28. The first-order chi connectivity index (χ1) is 7.15. The summed E-state index contributed by atoms with van der Waals surface area (Å²) in [6, 6.07) is 0. The molecule has 1 saturated carbocycles. The predicted molar refractivity (Wildman–Crippen MR) is 58.8 cm³/mol. The second-order valence-corrected chi connectivity index (χ2v) is 4.29. The third-order valence-corrected chi connectivity index (χ3v) is 3.23. The zero-order valence-corrected chi connectivity index (χ0v) is 9.37. The van der Waals surface area contributed by atoms with E-state index in [9.17, 15) is 4.79 Å². The molecule has 0 radical (unpaired) electrons. The number of carbonyl (C=O) groups is 1. The van der Waals surface area contributed by atoms with E-state index in [4.69, 9.17) is 9.84 Å². The molecule has 0 aromatic carbocycles. The molecule has 3 heteroatoms. The second kappa shape index (κ2) is 5.91. The quantitative estimate of drug-likeness (QED) is 0.712. The monoisotopic (exact) mass is 212 g/mol. The van der Waals surface area contributed by atoms with E-state index >= 15 is 0 Å². The van der Waals surface area contributed by atoms with Gasteiger partial charge in [0.15, 0.2) is 0 Å². The Morgan fingerprint density at radius 3 is 2.53 bits per heavy atom. The van der Waals surface area contributed by atoms with E-state index in [-0.39, 0.29) is 11.7 Å². The number of ether oxygens (including phenoxy) is 1. The van der Waals surface area contributed by atoms with Gasteiger partial charge in [-0.3, -0.25) is 0 Å². The number of aliphatic carboxylic acids is 1. The molecule has 15 heavy (non-hydrogen) atoms. The summed E-state index contributed by atoms with van der Waals surface area (Å²) in [5.74, 6) is -0.396. The van der Waals surface area contributed by atoms with E-state index in [1.807, 2.05) is 0 Å². The Morgan fingerprint density at radius 2 is 2.07 bits per heavy atom. The minimum absolute atomic E-state index is 0.0360. The van der Waals surface area contributed by atoms with Gasteiger partial charge in [0, 0.05) is 19.1 Å². The van der Waals surface area contributed by atoms with E-state index in [1.165, 1.54) is 19.3 Å². The van der Waals surface area contributed by atoms with E-state index in [2.05, 4.69) is 6.58 Å². The maximum atomic E-state index is 10.7. The summed E-state index contributed by atoms with van der Waals surface area (Å²) in [7, 11) is 1.66. The van der Waals surface area contributed by atoms with Crippen molar-refractivity contribution in [2.75, 3.05) is 7.11 Å². The lowest BCUT2D eigenvalue weighted by molar-refractivity contribution is -0.133. The van der Waals surface area contributed by atoms with Crippen molar-refractivity contribution >= 4 is 5.97 Å². The van der Waals surface area contributed by atoms with Crippen LogP contribution in [0.4, 0.5) is 0 Å². The number of rotatable bonds is 5. The van der Waals surface area contributed by atoms with Crippen LogP contribution in [0.5, 0.6) is 0 Å². The van der Waals surface area contributed by atoms with Gasteiger partial charge < -0.3 is 9.84 Å². The van der Waals surface area contributed by atoms with Crippen LogP contribution >= 0.6 is 0 Å². The van der Waals surface area contributed by atoms with Gasteiger partial charge in [-0.1, -0.05) is 25.8 Å². The van der Waals surface area contributed by atoms with Crippen LogP contribution in [0.1, 0.15) is 38.5 Å². The standard InChI is InChI=1S/C12H20O3/c1-9(12(13)14)8-11(15-2)10-6-4-3-5-7-10/h10-11H,1,3-8H2,2H3,(H,13,14). The highest BCUT2D eigenvalue weighted by Gasteiger charge is 2.25. The summed E-state index contributed by atoms with van der Waals surface area (Å²) in [4.78, 5) is 10.7. The average molecular weight is 212 g/mol.